The third kappa shape index (κ3) is 24.2. The number of allylic oxidation sites excluding steroid dienone is 2. The number of unbranched alkanes of at least 4 members (excludes halogenated alkanes) is 12. The van der Waals surface area contributed by atoms with Gasteiger partial charge in [0.25, 0.3) is 0 Å². The van der Waals surface area contributed by atoms with Crippen LogP contribution in [0.1, 0.15) is 98.2 Å². The van der Waals surface area contributed by atoms with E-state index in [4.69, 9.17) is 4.74 Å². The molecule has 144 valence electrons. The van der Waals surface area contributed by atoms with E-state index >= 15 is 0 Å². The van der Waals surface area contributed by atoms with Gasteiger partial charge in [0.15, 0.2) is 0 Å². The smallest absolute Gasteiger partial charge is 1.00 e. The third-order valence-electron chi connectivity index (χ3n) is 4.24. The van der Waals surface area contributed by atoms with Crippen LogP contribution in [-0.4, -0.2) is 26.2 Å². The molecular weight excluding hydrogens is 321 g/mol. The molecule has 0 unspecified atom stereocenters. The number of rotatable bonds is 18. The molecule has 0 radical (unpaired) electrons. The van der Waals surface area contributed by atoms with Crippen molar-refractivity contribution >= 4 is 5.97 Å². The Bertz CT molecular complexity index is 302. The van der Waals surface area contributed by atoms with Crippen molar-refractivity contribution in [3.63, 3.8) is 0 Å². The van der Waals surface area contributed by atoms with Crippen molar-refractivity contribution in [3.05, 3.63) is 12.2 Å². The minimum Gasteiger partial charge on any atom is -1.00 e. The molecule has 0 aliphatic carbocycles. The van der Waals surface area contributed by atoms with Crippen LogP contribution in [0.25, 0.3) is 0 Å². The van der Waals surface area contributed by atoms with Gasteiger partial charge in [-0.1, -0.05) is 76.9 Å². The van der Waals surface area contributed by atoms with Gasteiger partial charge in [0.05, 0.1) is 13.2 Å². The molecule has 0 aliphatic heterocycles. The van der Waals surface area contributed by atoms with Crippen molar-refractivity contribution in [1.82, 2.24) is 5.32 Å². The Balaban J connectivity index is -0.00000264. The predicted molar refractivity (Wildman–Crippen MR) is 105 cm³/mol. The molecule has 0 aromatic carbocycles. The quantitative estimate of drug-likeness (QED) is 0.176. The number of ether oxygens (including phenoxy) is 1. The van der Waals surface area contributed by atoms with Gasteiger partial charge in [-0.15, -0.1) is 0 Å². The average Bonchev–Trinajstić information content (AvgIpc) is 2.58. The molecule has 0 aliphatic rings. The first-order valence-corrected chi connectivity index (χ1v) is 10.3. The van der Waals surface area contributed by atoms with Crippen LogP contribution in [0.3, 0.4) is 0 Å². The summed E-state index contributed by atoms with van der Waals surface area (Å²) in [6, 6.07) is 0. The Labute approximate surface area is 180 Å². The Hall–Kier alpha value is 0.170. The maximum Gasteiger partial charge on any atom is 1.00 e. The zero-order valence-corrected chi connectivity index (χ0v) is 19.3. The molecule has 0 amide bonds. The molecule has 0 saturated heterocycles. The van der Waals surface area contributed by atoms with Gasteiger partial charge in [-0.25, -0.2) is 0 Å². The molecule has 0 aromatic rings. The first-order chi connectivity index (χ1) is 11.8. The molecule has 0 bridgehead atoms. The first-order valence-electron chi connectivity index (χ1n) is 10.3. The van der Waals surface area contributed by atoms with Crippen LogP contribution in [-0.2, 0) is 9.53 Å². The number of carbonyl (C=O) groups excluding carboxylic acids is 1. The Morgan fingerprint density at radius 3 is 1.84 bits per heavy atom. The largest absolute Gasteiger partial charge is 1.00 e. The summed E-state index contributed by atoms with van der Waals surface area (Å²) in [5, 5.41) is 2.79. The molecular formula is C21H42NNaO2. The monoisotopic (exact) mass is 363 g/mol. The Kier molecular flexibility index (Phi) is 26.5. The minimum atomic E-state index is -0.148. The van der Waals surface area contributed by atoms with Crippen LogP contribution < -0.4 is 34.9 Å². The van der Waals surface area contributed by atoms with E-state index in [1.807, 2.05) is 0 Å². The van der Waals surface area contributed by atoms with Crippen LogP contribution >= 0.6 is 0 Å². The van der Waals surface area contributed by atoms with Crippen LogP contribution in [0.4, 0.5) is 0 Å². The van der Waals surface area contributed by atoms with Crippen molar-refractivity contribution in [2.75, 3.05) is 20.2 Å². The molecule has 0 saturated carbocycles. The van der Waals surface area contributed by atoms with Crippen molar-refractivity contribution in [3.8, 4) is 0 Å². The molecule has 0 fully saturated rings. The molecule has 1 N–H and O–H groups in total. The van der Waals surface area contributed by atoms with E-state index < -0.39 is 0 Å². The van der Waals surface area contributed by atoms with E-state index in [0.717, 1.165) is 6.42 Å². The molecule has 0 heterocycles. The molecule has 4 heteroatoms. The first kappa shape index (κ1) is 27.4. The van der Waals surface area contributed by atoms with Crippen molar-refractivity contribution < 1.29 is 40.5 Å². The molecule has 0 spiro atoms. The topological polar surface area (TPSA) is 38.3 Å². The van der Waals surface area contributed by atoms with Gasteiger partial charge in [-0.05, 0) is 39.2 Å². The van der Waals surface area contributed by atoms with E-state index in [1.165, 1.54) is 83.5 Å². The van der Waals surface area contributed by atoms with Crippen LogP contribution in [0, 0.1) is 0 Å². The summed E-state index contributed by atoms with van der Waals surface area (Å²) in [5.74, 6) is -0.148. The van der Waals surface area contributed by atoms with Gasteiger partial charge >= 0.3 is 35.5 Å². The SMILES string of the molecule is CCCCCCCC/C=C\CCCCCCCCOC(=O)CNC.[H-].[Na+]. The minimum absolute atomic E-state index is 0. The summed E-state index contributed by atoms with van der Waals surface area (Å²) < 4.78 is 5.09. The van der Waals surface area contributed by atoms with Gasteiger partial charge in [-0.3, -0.25) is 4.79 Å². The zero-order chi connectivity index (χ0) is 17.7. The van der Waals surface area contributed by atoms with E-state index in [0.29, 0.717) is 13.2 Å². The zero-order valence-electron chi connectivity index (χ0n) is 18.3. The molecule has 25 heavy (non-hydrogen) atoms. The summed E-state index contributed by atoms with van der Waals surface area (Å²) >= 11 is 0. The van der Waals surface area contributed by atoms with Crippen molar-refractivity contribution in [2.45, 2.75) is 96.8 Å². The number of carbonyl (C=O) groups is 1. The normalized spacial score (nSPS) is 10.8. The number of hydrogen-bond donors (Lipinski definition) is 1. The summed E-state index contributed by atoms with van der Waals surface area (Å²) in [7, 11) is 1.76. The molecule has 0 rings (SSSR count). The van der Waals surface area contributed by atoms with Gasteiger partial charge < -0.3 is 11.5 Å². The summed E-state index contributed by atoms with van der Waals surface area (Å²) in [5.41, 5.74) is 0. The van der Waals surface area contributed by atoms with Crippen molar-refractivity contribution in [2.24, 2.45) is 0 Å². The summed E-state index contributed by atoms with van der Waals surface area (Å²) in [6.07, 6.45) is 22.9. The van der Waals surface area contributed by atoms with Crippen molar-refractivity contribution in [1.29, 1.82) is 0 Å². The van der Waals surface area contributed by atoms with Crippen LogP contribution in [0.2, 0.25) is 0 Å². The fraction of sp³-hybridized carbons (Fsp3) is 0.857. The summed E-state index contributed by atoms with van der Waals surface area (Å²) in [6.45, 7) is 3.15. The number of esters is 1. The standard InChI is InChI=1S/C21H41NO2.Na.H/c1-3-4-5-6-7-8-9-10-11-12-13-14-15-16-17-18-19-24-21(23)20-22-2;;/h10-11,22H,3-9,12-20H2,1-2H3;;/q;+1;-1/b11-10-;;. The van der Waals surface area contributed by atoms with Gasteiger partial charge in [0.2, 0.25) is 0 Å². The van der Waals surface area contributed by atoms with Crippen LogP contribution in [0.5, 0.6) is 0 Å². The Morgan fingerprint density at radius 2 is 1.32 bits per heavy atom. The molecule has 3 nitrogen and oxygen atoms in total. The maximum absolute atomic E-state index is 11.1. The van der Waals surface area contributed by atoms with Gasteiger partial charge in [0, 0.05) is 0 Å². The predicted octanol–water partition coefficient (Wildman–Crippen LogP) is 2.90. The average molecular weight is 364 g/mol. The third-order valence-corrected chi connectivity index (χ3v) is 4.24. The number of likely N-dealkylation sites (N-methyl/N-ethyl adjacent to an activating group) is 1. The number of nitrogens with one attached hydrogen (secondary N) is 1. The van der Waals surface area contributed by atoms with E-state index in [2.05, 4.69) is 24.4 Å². The fourth-order valence-electron chi connectivity index (χ4n) is 2.73. The second kappa shape index (κ2) is 24.2. The maximum atomic E-state index is 11.1. The van der Waals surface area contributed by atoms with Gasteiger partial charge in [-0.2, -0.15) is 0 Å². The molecule has 0 atom stereocenters. The van der Waals surface area contributed by atoms with E-state index in [9.17, 15) is 4.79 Å². The van der Waals surface area contributed by atoms with Crippen LogP contribution in [0.15, 0.2) is 12.2 Å². The second-order valence-electron chi connectivity index (χ2n) is 6.69. The Morgan fingerprint density at radius 1 is 0.840 bits per heavy atom. The molecule has 0 aromatic heterocycles. The second-order valence-corrected chi connectivity index (χ2v) is 6.69. The number of hydrogen-bond acceptors (Lipinski definition) is 3. The summed E-state index contributed by atoms with van der Waals surface area (Å²) in [4.78, 5) is 11.1. The fourth-order valence-corrected chi connectivity index (χ4v) is 2.73. The van der Waals surface area contributed by atoms with Gasteiger partial charge in [0.1, 0.15) is 0 Å². The van der Waals surface area contributed by atoms with E-state index in [1.54, 1.807) is 7.05 Å². The van der Waals surface area contributed by atoms with E-state index in [-0.39, 0.29) is 37.0 Å².